The van der Waals surface area contributed by atoms with Crippen LogP contribution in [0.4, 0.5) is 5.69 Å². The fourth-order valence-corrected chi connectivity index (χ4v) is 4.02. The van der Waals surface area contributed by atoms with Crippen LogP contribution >= 0.6 is 0 Å². The van der Waals surface area contributed by atoms with Crippen molar-refractivity contribution in [2.24, 2.45) is 0 Å². The lowest BCUT2D eigenvalue weighted by Crippen LogP contribution is -2.32. The third-order valence-corrected chi connectivity index (χ3v) is 5.50. The number of anilines is 1. The fraction of sp³-hybridized carbons (Fsp3) is 0.429. The molecule has 1 aliphatic rings. The van der Waals surface area contributed by atoms with Gasteiger partial charge in [0.1, 0.15) is 5.75 Å². The second-order valence-electron chi connectivity index (χ2n) is 7.29. The number of fused-ring (bicyclic) bond motifs is 1. The lowest BCUT2D eigenvalue weighted by Gasteiger charge is -2.27. The molecule has 2 aromatic carbocycles. The van der Waals surface area contributed by atoms with E-state index in [4.69, 9.17) is 4.74 Å². The first kappa shape index (κ1) is 19.7. The van der Waals surface area contributed by atoms with Gasteiger partial charge in [-0.3, -0.25) is 4.72 Å². The minimum absolute atomic E-state index is 0.381. The molecule has 2 aromatic rings. The van der Waals surface area contributed by atoms with E-state index in [9.17, 15) is 8.42 Å². The van der Waals surface area contributed by atoms with Crippen LogP contribution in [0, 0.1) is 0 Å². The van der Waals surface area contributed by atoms with E-state index in [0.29, 0.717) is 17.6 Å². The summed E-state index contributed by atoms with van der Waals surface area (Å²) in [6, 6.07) is 16.3. The van der Waals surface area contributed by atoms with Crippen LogP contribution in [-0.2, 0) is 16.4 Å². The van der Waals surface area contributed by atoms with E-state index in [1.807, 2.05) is 30.3 Å². The number of rotatable bonds is 8. The molecule has 2 unspecified atom stereocenters. The second kappa shape index (κ2) is 8.76. The summed E-state index contributed by atoms with van der Waals surface area (Å²) in [5.41, 5.74) is 3.05. The average Bonchev–Trinajstić information content (AvgIpc) is 2.63. The van der Waals surface area contributed by atoms with E-state index < -0.39 is 10.0 Å². The molecule has 0 aliphatic carbocycles. The topological polar surface area (TPSA) is 67.4 Å². The van der Waals surface area contributed by atoms with Crippen molar-refractivity contribution in [2.75, 3.05) is 24.1 Å². The highest BCUT2D eigenvalue weighted by Gasteiger charge is 2.21. The summed E-state index contributed by atoms with van der Waals surface area (Å²) in [5, 5.41) is 3.65. The van der Waals surface area contributed by atoms with Crippen LogP contribution in [0.2, 0.25) is 0 Å². The van der Waals surface area contributed by atoms with Gasteiger partial charge in [0.2, 0.25) is 10.0 Å². The fourth-order valence-electron chi connectivity index (χ4n) is 3.46. The average molecular weight is 389 g/mol. The van der Waals surface area contributed by atoms with Gasteiger partial charge < -0.3 is 10.1 Å². The number of para-hydroxylation sites is 1. The molecule has 0 radical (unpaired) electrons. The van der Waals surface area contributed by atoms with Gasteiger partial charge in [-0.2, -0.15) is 0 Å². The molecule has 0 saturated heterocycles. The molecule has 3 rings (SSSR count). The highest BCUT2D eigenvalue weighted by Crippen LogP contribution is 2.32. The Bertz CT molecular complexity index is 867. The van der Waals surface area contributed by atoms with Crippen LogP contribution in [0.3, 0.4) is 0 Å². The summed E-state index contributed by atoms with van der Waals surface area (Å²) in [7, 11) is -3.24. The summed E-state index contributed by atoms with van der Waals surface area (Å²) in [6.07, 6.45) is 4.10. The Morgan fingerprint density at radius 3 is 2.81 bits per heavy atom. The lowest BCUT2D eigenvalue weighted by atomic mass is 9.92. The van der Waals surface area contributed by atoms with Gasteiger partial charge in [-0.15, -0.1) is 0 Å². The minimum Gasteiger partial charge on any atom is -0.493 e. The smallest absolute Gasteiger partial charge is 0.229 e. The van der Waals surface area contributed by atoms with Crippen LogP contribution < -0.4 is 14.8 Å². The molecule has 146 valence electrons. The van der Waals surface area contributed by atoms with Gasteiger partial charge in [0.25, 0.3) is 0 Å². The van der Waals surface area contributed by atoms with Crippen LogP contribution in [0.25, 0.3) is 0 Å². The molecule has 0 amide bonds. The van der Waals surface area contributed by atoms with E-state index in [1.165, 1.54) is 11.8 Å². The van der Waals surface area contributed by atoms with Crippen LogP contribution in [0.5, 0.6) is 5.75 Å². The van der Waals surface area contributed by atoms with Gasteiger partial charge in [0.05, 0.1) is 12.9 Å². The zero-order chi connectivity index (χ0) is 19.3. The van der Waals surface area contributed by atoms with Crippen molar-refractivity contribution in [3.63, 3.8) is 0 Å². The molecular weight excluding hydrogens is 360 g/mol. The first-order chi connectivity index (χ1) is 12.9. The number of aryl methyl sites for hydroxylation is 1. The molecule has 2 atom stereocenters. The summed E-state index contributed by atoms with van der Waals surface area (Å²) < 4.78 is 31.0. The standard InChI is InChI=1S/C21H28N2O3S/c1-16(10-11-17-6-5-7-19(14-17)23-27(2,24)25)22-15-18-12-13-26-21-9-4-3-8-20(18)21/h3-9,14,16,18,22-23H,10-13,15H2,1-2H3. The molecular formula is C21H28N2O3S. The maximum Gasteiger partial charge on any atom is 0.229 e. The number of benzene rings is 2. The molecule has 27 heavy (non-hydrogen) atoms. The zero-order valence-corrected chi connectivity index (χ0v) is 16.8. The van der Waals surface area contributed by atoms with E-state index in [0.717, 1.165) is 43.7 Å². The van der Waals surface area contributed by atoms with Gasteiger partial charge in [-0.25, -0.2) is 8.42 Å². The number of hydrogen-bond donors (Lipinski definition) is 2. The molecule has 5 nitrogen and oxygen atoms in total. The van der Waals surface area contributed by atoms with Crippen molar-refractivity contribution >= 4 is 15.7 Å². The quantitative estimate of drug-likeness (QED) is 0.726. The van der Waals surface area contributed by atoms with Gasteiger partial charge in [0.15, 0.2) is 0 Å². The predicted octanol–water partition coefficient (Wildman–Crippen LogP) is 3.54. The molecule has 0 aromatic heterocycles. The molecule has 0 saturated carbocycles. The third-order valence-electron chi connectivity index (χ3n) is 4.89. The van der Waals surface area contributed by atoms with Gasteiger partial charge in [-0.05, 0) is 55.5 Å². The Morgan fingerprint density at radius 1 is 1.19 bits per heavy atom. The van der Waals surface area contributed by atoms with Gasteiger partial charge >= 0.3 is 0 Å². The van der Waals surface area contributed by atoms with E-state index in [2.05, 4.69) is 29.1 Å². The Hall–Kier alpha value is -2.05. The number of sulfonamides is 1. The Labute approximate surface area is 162 Å². The predicted molar refractivity (Wildman–Crippen MR) is 110 cm³/mol. The summed E-state index contributed by atoms with van der Waals surface area (Å²) in [5.74, 6) is 1.50. The number of ether oxygens (including phenoxy) is 1. The molecule has 6 heteroatoms. The van der Waals surface area contributed by atoms with Crippen molar-refractivity contribution in [3.8, 4) is 5.75 Å². The number of hydrogen-bond acceptors (Lipinski definition) is 4. The van der Waals surface area contributed by atoms with Crippen molar-refractivity contribution in [1.82, 2.24) is 5.32 Å². The van der Waals surface area contributed by atoms with E-state index in [-0.39, 0.29) is 0 Å². The molecule has 0 spiro atoms. The van der Waals surface area contributed by atoms with Crippen molar-refractivity contribution in [2.45, 2.75) is 38.1 Å². The molecule has 0 fully saturated rings. The van der Waals surface area contributed by atoms with E-state index in [1.54, 1.807) is 6.07 Å². The van der Waals surface area contributed by atoms with Crippen molar-refractivity contribution < 1.29 is 13.2 Å². The second-order valence-corrected chi connectivity index (χ2v) is 9.04. The Balaban J connectivity index is 1.49. The molecule has 1 aliphatic heterocycles. The van der Waals surface area contributed by atoms with Gasteiger partial charge in [0, 0.05) is 24.2 Å². The molecule has 0 bridgehead atoms. The largest absolute Gasteiger partial charge is 0.493 e. The Morgan fingerprint density at radius 2 is 2.00 bits per heavy atom. The van der Waals surface area contributed by atoms with Crippen LogP contribution in [0.15, 0.2) is 48.5 Å². The molecule has 2 N–H and O–H groups in total. The van der Waals surface area contributed by atoms with Crippen molar-refractivity contribution in [3.05, 3.63) is 59.7 Å². The van der Waals surface area contributed by atoms with Crippen LogP contribution in [0.1, 0.15) is 36.8 Å². The maximum atomic E-state index is 11.4. The summed E-state index contributed by atoms with van der Waals surface area (Å²) >= 11 is 0. The Kier molecular flexibility index (Phi) is 6.39. The van der Waals surface area contributed by atoms with E-state index >= 15 is 0 Å². The molecule has 1 heterocycles. The van der Waals surface area contributed by atoms with Crippen LogP contribution in [-0.4, -0.2) is 33.9 Å². The normalized spacial score (nSPS) is 17.6. The minimum atomic E-state index is -3.24. The highest BCUT2D eigenvalue weighted by molar-refractivity contribution is 7.92. The monoisotopic (exact) mass is 388 g/mol. The summed E-state index contributed by atoms with van der Waals surface area (Å²) in [6.45, 7) is 3.92. The van der Waals surface area contributed by atoms with Gasteiger partial charge in [-0.1, -0.05) is 30.3 Å². The zero-order valence-electron chi connectivity index (χ0n) is 15.9. The first-order valence-corrected chi connectivity index (χ1v) is 11.3. The first-order valence-electron chi connectivity index (χ1n) is 9.42. The number of nitrogens with one attached hydrogen (secondary N) is 2. The third kappa shape index (κ3) is 5.97. The maximum absolute atomic E-state index is 11.4. The highest BCUT2D eigenvalue weighted by atomic mass is 32.2. The summed E-state index contributed by atoms with van der Waals surface area (Å²) in [4.78, 5) is 0. The lowest BCUT2D eigenvalue weighted by molar-refractivity contribution is 0.262. The van der Waals surface area contributed by atoms with Crippen molar-refractivity contribution in [1.29, 1.82) is 0 Å². The SMILES string of the molecule is CC(CCc1cccc(NS(C)(=O)=O)c1)NCC1CCOc2ccccc21.